The molecule has 0 aliphatic carbocycles. The van der Waals surface area contributed by atoms with Crippen molar-refractivity contribution in [1.29, 1.82) is 0 Å². The number of carbonyl (C=O) groups is 1. The van der Waals surface area contributed by atoms with Crippen LogP contribution >= 0.6 is 0 Å². The van der Waals surface area contributed by atoms with Gasteiger partial charge in [-0.1, -0.05) is 26.8 Å². The van der Waals surface area contributed by atoms with Crippen LogP contribution in [-0.4, -0.2) is 27.7 Å². The zero-order valence-electron chi connectivity index (χ0n) is 12.5. The van der Waals surface area contributed by atoms with E-state index < -0.39 is 12.1 Å². The molecular formula is C15H20N2O3. The predicted molar refractivity (Wildman–Crippen MR) is 76.4 cm³/mol. The molecular weight excluding hydrogens is 256 g/mol. The highest BCUT2D eigenvalue weighted by Crippen LogP contribution is 2.27. The van der Waals surface area contributed by atoms with Crippen molar-refractivity contribution in [2.24, 2.45) is 7.05 Å². The van der Waals surface area contributed by atoms with Crippen molar-refractivity contribution in [3.8, 4) is 0 Å². The van der Waals surface area contributed by atoms with Crippen LogP contribution < -0.4 is 0 Å². The quantitative estimate of drug-likeness (QED) is 0.853. The third kappa shape index (κ3) is 2.41. The summed E-state index contributed by atoms with van der Waals surface area (Å²) in [5.74, 6) is 0.286. The second kappa shape index (κ2) is 4.90. The molecule has 0 saturated heterocycles. The van der Waals surface area contributed by atoms with Gasteiger partial charge < -0.3 is 14.4 Å². The highest BCUT2D eigenvalue weighted by atomic mass is 16.5. The molecule has 108 valence electrons. The molecule has 5 heteroatoms. The number of rotatable bonds is 2. The number of carbonyl (C=O) groups excluding carboxylic acids is 1. The van der Waals surface area contributed by atoms with Crippen LogP contribution in [-0.2, 0) is 22.0 Å². The van der Waals surface area contributed by atoms with Crippen LogP contribution in [0.4, 0.5) is 0 Å². The van der Waals surface area contributed by atoms with Crippen molar-refractivity contribution < 1.29 is 14.6 Å². The zero-order valence-corrected chi connectivity index (χ0v) is 12.5. The van der Waals surface area contributed by atoms with Gasteiger partial charge in [0.15, 0.2) is 6.10 Å². The lowest BCUT2D eigenvalue weighted by molar-refractivity contribution is -0.150. The Bertz CT molecular complexity index is 653. The fourth-order valence-corrected chi connectivity index (χ4v) is 2.31. The van der Waals surface area contributed by atoms with E-state index in [-0.39, 0.29) is 5.41 Å². The number of hydrogen-bond donors (Lipinski definition) is 1. The van der Waals surface area contributed by atoms with Gasteiger partial charge in [-0.15, -0.1) is 0 Å². The second-order valence-corrected chi connectivity index (χ2v) is 5.92. The topological polar surface area (TPSA) is 64.3 Å². The van der Waals surface area contributed by atoms with Crippen LogP contribution in [0.5, 0.6) is 0 Å². The van der Waals surface area contributed by atoms with Crippen molar-refractivity contribution >= 4 is 17.0 Å². The minimum absolute atomic E-state index is 0.0745. The molecule has 2 rings (SSSR count). The first kappa shape index (κ1) is 14.5. The Balaban J connectivity index is 2.53. The molecule has 1 unspecified atom stereocenters. The summed E-state index contributed by atoms with van der Waals surface area (Å²) in [6.45, 7) is 6.29. The lowest BCUT2D eigenvalue weighted by atomic mass is 9.96. The van der Waals surface area contributed by atoms with E-state index in [1.165, 1.54) is 7.11 Å². The number of benzene rings is 1. The first-order chi connectivity index (χ1) is 9.25. The lowest BCUT2D eigenvalue weighted by Crippen LogP contribution is -2.17. The molecule has 1 aromatic heterocycles. The first-order valence-electron chi connectivity index (χ1n) is 6.48. The van der Waals surface area contributed by atoms with Gasteiger partial charge >= 0.3 is 5.97 Å². The van der Waals surface area contributed by atoms with E-state index >= 15 is 0 Å². The number of aromatic nitrogens is 2. The Kier molecular flexibility index (Phi) is 3.56. The number of methoxy groups -OCH3 is 1. The largest absolute Gasteiger partial charge is 0.467 e. The summed E-state index contributed by atoms with van der Waals surface area (Å²) in [5, 5.41) is 9.88. The van der Waals surface area contributed by atoms with Crippen LogP contribution in [0.25, 0.3) is 11.0 Å². The molecule has 1 aromatic carbocycles. The van der Waals surface area contributed by atoms with E-state index in [1.54, 1.807) is 12.1 Å². The number of esters is 1. The highest BCUT2D eigenvalue weighted by Gasteiger charge is 2.23. The number of fused-ring (bicyclic) bond motifs is 1. The van der Waals surface area contributed by atoms with Gasteiger partial charge in [-0.3, -0.25) is 0 Å². The van der Waals surface area contributed by atoms with Crippen LogP contribution in [0.1, 0.15) is 38.3 Å². The van der Waals surface area contributed by atoms with Gasteiger partial charge in [0.25, 0.3) is 0 Å². The number of ether oxygens (including phenoxy) is 1. The van der Waals surface area contributed by atoms with Gasteiger partial charge in [-0.2, -0.15) is 0 Å². The lowest BCUT2D eigenvalue weighted by Gasteiger charge is -2.17. The van der Waals surface area contributed by atoms with Gasteiger partial charge in [-0.25, -0.2) is 9.78 Å². The number of aliphatic hydroxyl groups excluding tert-OH is 1. The molecule has 1 atom stereocenters. The molecule has 0 saturated carbocycles. The zero-order chi connectivity index (χ0) is 15.1. The standard InChI is InChI=1S/C15H20N2O3/c1-15(2,3)14-16-10-8-9(12(18)13(19)20-5)6-7-11(10)17(14)4/h6-8,12,18H,1-5H3. The molecule has 5 nitrogen and oxygen atoms in total. The SMILES string of the molecule is COC(=O)C(O)c1ccc2c(c1)nc(C(C)(C)C)n2C. The van der Waals surface area contributed by atoms with Gasteiger partial charge in [0.05, 0.1) is 18.1 Å². The summed E-state index contributed by atoms with van der Waals surface area (Å²) in [4.78, 5) is 16.0. The molecule has 0 radical (unpaired) electrons. The van der Waals surface area contributed by atoms with E-state index in [9.17, 15) is 9.90 Å². The summed E-state index contributed by atoms with van der Waals surface area (Å²) in [6.07, 6.45) is -1.27. The molecule has 0 bridgehead atoms. The Morgan fingerprint density at radius 2 is 2.05 bits per heavy atom. The summed E-state index contributed by atoms with van der Waals surface area (Å²) in [6, 6.07) is 5.31. The van der Waals surface area contributed by atoms with Crippen LogP contribution in [0.2, 0.25) is 0 Å². The molecule has 0 aliphatic heterocycles. The molecule has 0 spiro atoms. The summed E-state index contributed by atoms with van der Waals surface area (Å²) >= 11 is 0. The smallest absolute Gasteiger partial charge is 0.339 e. The van der Waals surface area contributed by atoms with E-state index in [4.69, 9.17) is 0 Å². The van der Waals surface area contributed by atoms with Crippen LogP contribution in [0.15, 0.2) is 18.2 Å². The number of imidazole rings is 1. The Morgan fingerprint density at radius 3 is 2.60 bits per heavy atom. The number of aliphatic hydroxyl groups is 1. The van der Waals surface area contributed by atoms with Crippen molar-refractivity contribution in [3.05, 3.63) is 29.6 Å². The molecule has 0 fully saturated rings. The minimum atomic E-state index is -1.27. The average molecular weight is 276 g/mol. The number of nitrogens with zero attached hydrogens (tertiary/aromatic N) is 2. The fraction of sp³-hybridized carbons (Fsp3) is 0.467. The van der Waals surface area contributed by atoms with Gasteiger partial charge in [0.2, 0.25) is 0 Å². The van der Waals surface area contributed by atoms with E-state index in [0.29, 0.717) is 5.56 Å². The second-order valence-electron chi connectivity index (χ2n) is 5.92. The highest BCUT2D eigenvalue weighted by molar-refractivity contribution is 5.81. The number of hydrogen-bond acceptors (Lipinski definition) is 4. The number of aryl methyl sites for hydroxylation is 1. The Labute approximate surface area is 118 Å². The summed E-state index contributed by atoms with van der Waals surface area (Å²) < 4.78 is 6.58. The Hall–Kier alpha value is -1.88. The molecule has 20 heavy (non-hydrogen) atoms. The monoisotopic (exact) mass is 276 g/mol. The summed E-state index contributed by atoms with van der Waals surface area (Å²) in [7, 11) is 3.22. The maximum Gasteiger partial charge on any atom is 0.339 e. The molecule has 0 amide bonds. The fourth-order valence-electron chi connectivity index (χ4n) is 2.31. The normalized spacial score (nSPS) is 13.5. The van der Waals surface area contributed by atoms with E-state index in [2.05, 4.69) is 30.5 Å². The van der Waals surface area contributed by atoms with Crippen molar-refractivity contribution in [1.82, 2.24) is 9.55 Å². The van der Waals surface area contributed by atoms with Crippen molar-refractivity contribution in [3.63, 3.8) is 0 Å². The Morgan fingerprint density at radius 1 is 1.40 bits per heavy atom. The third-order valence-electron chi connectivity index (χ3n) is 3.32. The van der Waals surface area contributed by atoms with Crippen molar-refractivity contribution in [2.45, 2.75) is 32.3 Å². The van der Waals surface area contributed by atoms with Crippen LogP contribution in [0.3, 0.4) is 0 Å². The first-order valence-corrected chi connectivity index (χ1v) is 6.48. The van der Waals surface area contributed by atoms with Crippen LogP contribution in [0, 0.1) is 0 Å². The summed E-state index contributed by atoms with van der Waals surface area (Å²) in [5.41, 5.74) is 2.14. The van der Waals surface area contributed by atoms with Gasteiger partial charge in [0.1, 0.15) is 5.82 Å². The maximum atomic E-state index is 11.4. The molecule has 1 N–H and O–H groups in total. The van der Waals surface area contributed by atoms with Gasteiger partial charge in [-0.05, 0) is 17.7 Å². The molecule has 0 aliphatic rings. The molecule has 2 aromatic rings. The maximum absolute atomic E-state index is 11.4. The average Bonchev–Trinajstić information content (AvgIpc) is 2.73. The predicted octanol–water partition coefficient (Wildman–Crippen LogP) is 2.08. The van der Waals surface area contributed by atoms with E-state index in [0.717, 1.165) is 16.9 Å². The molecule has 1 heterocycles. The van der Waals surface area contributed by atoms with Crippen molar-refractivity contribution in [2.75, 3.05) is 7.11 Å². The minimum Gasteiger partial charge on any atom is -0.467 e. The van der Waals surface area contributed by atoms with E-state index in [1.807, 2.05) is 17.7 Å². The van der Waals surface area contributed by atoms with Gasteiger partial charge in [0, 0.05) is 12.5 Å². The third-order valence-corrected chi connectivity index (χ3v) is 3.32.